The SMILES string of the molecule is Cc1ccc(N2C(=O)NC(=O)/C(=C/c3cc(Br)cc(Br)c3OC(=O)c3ccc(Cl)cc3)C2=O)cc1. The highest BCUT2D eigenvalue weighted by molar-refractivity contribution is 9.11. The second-order valence-electron chi connectivity index (χ2n) is 7.50. The minimum atomic E-state index is -0.866. The fourth-order valence-electron chi connectivity index (χ4n) is 3.27. The van der Waals surface area contributed by atoms with E-state index in [1.54, 1.807) is 48.5 Å². The number of ether oxygens (including phenoxy) is 1. The van der Waals surface area contributed by atoms with Crippen LogP contribution in [0.5, 0.6) is 5.75 Å². The van der Waals surface area contributed by atoms with E-state index < -0.39 is 23.8 Å². The number of barbiturate groups is 1. The van der Waals surface area contributed by atoms with Crippen LogP contribution in [-0.4, -0.2) is 23.8 Å². The van der Waals surface area contributed by atoms with Gasteiger partial charge in [0.05, 0.1) is 15.7 Å². The number of nitrogens with one attached hydrogen (secondary N) is 1. The van der Waals surface area contributed by atoms with Crippen LogP contribution in [0.25, 0.3) is 6.08 Å². The van der Waals surface area contributed by atoms with Crippen LogP contribution in [0.3, 0.4) is 0 Å². The maximum absolute atomic E-state index is 13.2. The zero-order chi connectivity index (χ0) is 25.3. The summed E-state index contributed by atoms with van der Waals surface area (Å²) >= 11 is 12.6. The predicted molar refractivity (Wildman–Crippen MR) is 138 cm³/mol. The molecule has 0 radical (unpaired) electrons. The van der Waals surface area contributed by atoms with Crippen molar-refractivity contribution in [2.75, 3.05) is 4.90 Å². The molecule has 10 heteroatoms. The largest absolute Gasteiger partial charge is 0.421 e. The number of rotatable bonds is 4. The molecule has 1 saturated heterocycles. The monoisotopic (exact) mass is 616 g/mol. The van der Waals surface area contributed by atoms with Gasteiger partial charge >= 0.3 is 12.0 Å². The molecule has 176 valence electrons. The molecule has 0 aliphatic carbocycles. The van der Waals surface area contributed by atoms with E-state index in [4.69, 9.17) is 16.3 Å². The first-order valence-corrected chi connectivity index (χ1v) is 12.1. The molecule has 0 aromatic heterocycles. The quantitative estimate of drug-likeness (QED) is 0.166. The summed E-state index contributed by atoms with van der Waals surface area (Å²) in [5, 5.41) is 2.64. The number of carbonyl (C=O) groups excluding carboxylic acids is 4. The van der Waals surface area contributed by atoms with E-state index in [1.807, 2.05) is 6.92 Å². The molecule has 4 rings (SSSR count). The van der Waals surface area contributed by atoms with Crippen LogP contribution < -0.4 is 15.0 Å². The number of hydrogen-bond acceptors (Lipinski definition) is 5. The molecular weight excluding hydrogens is 604 g/mol. The zero-order valence-corrected chi connectivity index (χ0v) is 21.9. The lowest BCUT2D eigenvalue weighted by Crippen LogP contribution is -2.54. The van der Waals surface area contributed by atoms with E-state index in [1.165, 1.54) is 18.2 Å². The van der Waals surface area contributed by atoms with Gasteiger partial charge in [-0.05, 0) is 77.5 Å². The van der Waals surface area contributed by atoms with Gasteiger partial charge in [0.25, 0.3) is 11.8 Å². The Hall–Kier alpha value is -3.27. The van der Waals surface area contributed by atoms with Gasteiger partial charge in [-0.1, -0.05) is 45.2 Å². The van der Waals surface area contributed by atoms with Gasteiger partial charge in [0, 0.05) is 15.1 Å². The molecule has 0 atom stereocenters. The minimum Gasteiger partial charge on any atom is -0.421 e. The van der Waals surface area contributed by atoms with Crippen molar-refractivity contribution in [3.05, 3.63) is 96.9 Å². The lowest BCUT2D eigenvalue weighted by Gasteiger charge is -2.26. The van der Waals surface area contributed by atoms with E-state index in [0.29, 0.717) is 19.7 Å². The molecule has 0 saturated carbocycles. The van der Waals surface area contributed by atoms with Crippen LogP contribution in [0.4, 0.5) is 10.5 Å². The molecule has 1 heterocycles. The van der Waals surface area contributed by atoms with Crippen molar-refractivity contribution < 1.29 is 23.9 Å². The van der Waals surface area contributed by atoms with E-state index in [9.17, 15) is 19.2 Å². The number of benzene rings is 3. The number of nitrogens with zero attached hydrogens (tertiary/aromatic N) is 1. The predicted octanol–water partition coefficient (Wildman–Crippen LogP) is 6.06. The van der Waals surface area contributed by atoms with Gasteiger partial charge in [-0.2, -0.15) is 0 Å². The van der Waals surface area contributed by atoms with Gasteiger partial charge < -0.3 is 4.74 Å². The molecule has 3 aromatic carbocycles. The van der Waals surface area contributed by atoms with Crippen molar-refractivity contribution in [2.24, 2.45) is 0 Å². The van der Waals surface area contributed by atoms with Gasteiger partial charge in [-0.25, -0.2) is 14.5 Å². The highest BCUT2D eigenvalue weighted by atomic mass is 79.9. The first-order chi connectivity index (χ1) is 16.6. The Bertz CT molecular complexity index is 1400. The first kappa shape index (κ1) is 24.8. The van der Waals surface area contributed by atoms with Crippen LogP contribution >= 0.6 is 43.5 Å². The molecule has 35 heavy (non-hydrogen) atoms. The zero-order valence-electron chi connectivity index (χ0n) is 18.0. The summed E-state index contributed by atoms with van der Waals surface area (Å²) in [6.45, 7) is 1.87. The topological polar surface area (TPSA) is 92.8 Å². The van der Waals surface area contributed by atoms with Gasteiger partial charge in [-0.3, -0.25) is 14.9 Å². The fourth-order valence-corrected chi connectivity index (χ4v) is 4.74. The highest BCUT2D eigenvalue weighted by Crippen LogP contribution is 2.35. The number of halogens is 3. The number of urea groups is 1. The molecule has 1 N–H and O–H groups in total. The molecule has 3 aromatic rings. The smallest absolute Gasteiger partial charge is 0.343 e. The Morgan fingerprint density at radius 3 is 2.31 bits per heavy atom. The molecule has 0 spiro atoms. The number of carbonyl (C=O) groups is 4. The summed E-state index contributed by atoms with van der Waals surface area (Å²) in [6, 6.07) is 15.2. The van der Waals surface area contributed by atoms with E-state index in [2.05, 4.69) is 37.2 Å². The van der Waals surface area contributed by atoms with E-state index in [0.717, 1.165) is 10.5 Å². The Balaban J connectivity index is 1.74. The molecule has 4 amide bonds. The highest BCUT2D eigenvalue weighted by Gasteiger charge is 2.37. The number of hydrogen-bond donors (Lipinski definition) is 1. The lowest BCUT2D eigenvalue weighted by molar-refractivity contribution is -0.122. The van der Waals surface area contributed by atoms with Crippen LogP contribution in [0.2, 0.25) is 5.02 Å². The Morgan fingerprint density at radius 1 is 1.00 bits per heavy atom. The molecule has 1 aliphatic heterocycles. The second kappa shape index (κ2) is 10.2. The molecule has 1 aliphatic rings. The van der Waals surface area contributed by atoms with Crippen molar-refractivity contribution in [3.63, 3.8) is 0 Å². The Kier molecular flexibility index (Phi) is 7.20. The Morgan fingerprint density at radius 2 is 1.66 bits per heavy atom. The normalized spacial score (nSPS) is 14.8. The van der Waals surface area contributed by atoms with Gasteiger partial charge in [0.1, 0.15) is 5.57 Å². The van der Waals surface area contributed by atoms with Crippen LogP contribution in [-0.2, 0) is 9.59 Å². The molecule has 7 nitrogen and oxygen atoms in total. The first-order valence-electron chi connectivity index (χ1n) is 10.1. The average Bonchev–Trinajstić information content (AvgIpc) is 2.80. The third-order valence-electron chi connectivity index (χ3n) is 5.01. The standard InChI is InChI=1S/C25H15Br2ClN2O5/c1-13-2-8-18(9-3-13)30-23(32)19(22(31)29-25(30)34)11-15-10-16(26)12-20(27)21(15)35-24(33)14-4-6-17(28)7-5-14/h2-12H,1H3,(H,29,31,34)/b19-11-. The summed E-state index contributed by atoms with van der Waals surface area (Å²) in [4.78, 5) is 51.9. The fraction of sp³-hybridized carbons (Fsp3) is 0.0400. The number of amides is 4. The van der Waals surface area contributed by atoms with Crippen LogP contribution in [0.15, 0.2) is 75.2 Å². The molecule has 0 unspecified atom stereocenters. The Labute approximate surface area is 222 Å². The van der Waals surface area contributed by atoms with Crippen molar-refractivity contribution in [2.45, 2.75) is 6.92 Å². The second-order valence-corrected chi connectivity index (χ2v) is 9.70. The number of esters is 1. The summed E-state index contributed by atoms with van der Waals surface area (Å²) in [5.74, 6) is -2.26. The number of imide groups is 2. The van der Waals surface area contributed by atoms with Gasteiger partial charge in [0.2, 0.25) is 0 Å². The van der Waals surface area contributed by atoms with Crippen molar-refractivity contribution in [1.29, 1.82) is 0 Å². The van der Waals surface area contributed by atoms with Crippen molar-refractivity contribution in [1.82, 2.24) is 5.32 Å². The summed E-state index contributed by atoms with van der Waals surface area (Å²) in [7, 11) is 0. The maximum Gasteiger partial charge on any atom is 0.343 e. The summed E-state index contributed by atoms with van der Waals surface area (Å²) in [5.41, 5.74) is 1.45. The lowest BCUT2D eigenvalue weighted by atomic mass is 10.1. The minimum absolute atomic E-state index is 0.0834. The number of anilines is 1. The van der Waals surface area contributed by atoms with Crippen LogP contribution in [0.1, 0.15) is 21.5 Å². The molecule has 1 fully saturated rings. The third-order valence-corrected chi connectivity index (χ3v) is 6.30. The van der Waals surface area contributed by atoms with Gasteiger partial charge in [-0.15, -0.1) is 0 Å². The molecule has 0 bridgehead atoms. The van der Waals surface area contributed by atoms with Crippen molar-refractivity contribution >= 4 is 79.0 Å². The number of aryl methyl sites for hydroxylation is 1. The van der Waals surface area contributed by atoms with Crippen LogP contribution in [0, 0.1) is 6.92 Å². The summed E-state index contributed by atoms with van der Waals surface area (Å²) < 4.78 is 6.59. The van der Waals surface area contributed by atoms with E-state index in [-0.39, 0.29) is 22.4 Å². The maximum atomic E-state index is 13.2. The van der Waals surface area contributed by atoms with Gasteiger partial charge in [0.15, 0.2) is 5.75 Å². The summed E-state index contributed by atoms with van der Waals surface area (Å²) in [6.07, 6.45) is 1.27. The van der Waals surface area contributed by atoms with E-state index >= 15 is 0 Å². The molecular formula is C25H15Br2ClN2O5. The third kappa shape index (κ3) is 5.37. The van der Waals surface area contributed by atoms with Crippen molar-refractivity contribution in [3.8, 4) is 5.75 Å². The average molecular weight is 619 g/mol.